The van der Waals surface area contributed by atoms with Crippen LogP contribution in [0.3, 0.4) is 0 Å². The zero-order chi connectivity index (χ0) is 18.5. The fraction of sp³-hybridized carbons (Fsp3) is 0.150. The number of carbonyl (C=O) groups is 1. The van der Waals surface area contributed by atoms with Crippen LogP contribution in [0.15, 0.2) is 54.6 Å². The summed E-state index contributed by atoms with van der Waals surface area (Å²) in [5.74, 6) is 0.139. The summed E-state index contributed by atoms with van der Waals surface area (Å²) in [6.45, 7) is 4.05. The highest BCUT2D eigenvalue weighted by atomic mass is 19.1. The van der Waals surface area contributed by atoms with E-state index in [9.17, 15) is 9.18 Å². The average Bonchev–Trinajstić information content (AvgIpc) is 2.58. The molecule has 0 fully saturated rings. The van der Waals surface area contributed by atoms with Crippen molar-refractivity contribution in [2.75, 3.05) is 10.6 Å². The number of nitrogens with one attached hydrogen (secondary N) is 2. The van der Waals surface area contributed by atoms with Crippen LogP contribution in [0.4, 0.5) is 21.7 Å². The largest absolute Gasteiger partial charge is 0.339 e. The quantitative estimate of drug-likeness (QED) is 0.725. The molecular weight excluding hydrogens is 331 g/mol. The number of benzene rings is 2. The molecule has 1 amide bonds. The number of amides is 1. The molecule has 0 unspecified atom stereocenters. The van der Waals surface area contributed by atoms with Crippen molar-refractivity contribution < 1.29 is 9.18 Å². The first-order valence-electron chi connectivity index (χ1n) is 8.22. The highest BCUT2D eigenvalue weighted by Crippen LogP contribution is 2.18. The summed E-state index contributed by atoms with van der Waals surface area (Å²) in [6, 6.07) is 15.7. The molecule has 2 aromatic carbocycles. The molecule has 2 N–H and O–H groups in total. The van der Waals surface area contributed by atoms with Gasteiger partial charge < -0.3 is 10.6 Å². The van der Waals surface area contributed by atoms with Crippen molar-refractivity contribution in [1.29, 1.82) is 0 Å². The van der Waals surface area contributed by atoms with Crippen LogP contribution >= 0.6 is 0 Å². The molecule has 6 heteroatoms. The van der Waals surface area contributed by atoms with Gasteiger partial charge in [-0.1, -0.05) is 24.3 Å². The van der Waals surface area contributed by atoms with E-state index in [0.717, 1.165) is 16.8 Å². The maximum absolute atomic E-state index is 13.6. The number of aromatic nitrogens is 2. The van der Waals surface area contributed by atoms with E-state index in [1.807, 2.05) is 26.0 Å². The predicted octanol–water partition coefficient (Wildman–Crippen LogP) is 4.16. The molecule has 0 aliphatic carbocycles. The Morgan fingerprint density at radius 1 is 0.962 bits per heavy atom. The van der Waals surface area contributed by atoms with Gasteiger partial charge in [0, 0.05) is 5.69 Å². The van der Waals surface area contributed by atoms with Gasteiger partial charge in [0.15, 0.2) is 11.6 Å². The summed E-state index contributed by atoms with van der Waals surface area (Å²) >= 11 is 0. The minimum atomic E-state index is -0.401. The lowest BCUT2D eigenvalue weighted by Gasteiger charge is -2.08. The standard InChI is InChI=1S/C20H19FN4O/c1-13-9-14(2)11-16(10-13)22-18-7-8-19(25-24-18)23-20(26)12-15-5-3-4-6-17(15)21/h3-11H,12H2,1-2H3,(H,22,24)(H,23,25,26). The van der Waals surface area contributed by atoms with Crippen LogP contribution in [-0.2, 0) is 11.2 Å². The van der Waals surface area contributed by atoms with E-state index in [-0.39, 0.29) is 12.3 Å². The number of aryl methyl sites for hydroxylation is 2. The predicted molar refractivity (Wildman–Crippen MR) is 100.0 cm³/mol. The van der Waals surface area contributed by atoms with Gasteiger partial charge in [0.1, 0.15) is 5.82 Å². The lowest BCUT2D eigenvalue weighted by Crippen LogP contribution is -2.16. The van der Waals surface area contributed by atoms with E-state index in [2.05, 4.69) is 26.9 Å². The molecule has 3 aromatic rings. The number of halogens is 1. The Balaban J connectivity index is 1.62. The zero-order valence-corrected chi connectivity index (χ0v) is 14.6. The SMILES string of the molecule is Cc1cc(C)cc(Nc2ccc(NC(=O)Cc3ccccc3F)nn2)c1. The van der Waals surface area contributed by atoms with Crippen molar-refractivity contribution in [2.24, 2.45) is 0 Å². The Kier molecular flexibility index (Phi) is 5.22. The number of carbonyl (C=O) groups excluding carboxylic acids is 1. The van der Waals surface area contributed by atoms with Crippen LogP contribution in [0, 0.1) is 19.7 Å². The Hall–Kier alpha value is -3.28. The molecule has 0 radical (unpaired) electrons. The molecule has 3 rings (SSSR count). The second-order valence-corrected chi connectivity index (χ2v) is 6.12. The first-order valence-corrected chi connectivity index (χ1v) is 8.22. The normalized spacial score (nSPS) is 10.4. The summed E-state index contributed by atoms with van der Waals surface area (Å²) in [6.07, 6.45) is -0.0586. The molecule has 1 aromatic heterocycles. The van der Waals surface area contributed by atoms with Crippen LogP contribution in [0.25, 0.3) is 0 Å². The van der Waals surface area contributed by atoms with Gasteiger partial charge in [-0.05, 0) is 60.9 Å². The van der Waals surface area contributed by atoms with Gasteiger partial charge in [-0.25, -0.2) is 4.39 Å². The third kappa shape index (κ3) is 4.63. The molecule has 132 valence electrons. The number of anilines is 3. The lowest BCUT2D eigenvalue weighted by molar-refractivity contribution is -0.115. The van der Waals surface area contributed by atoms with Crippen molar-refractivity contribution in [3.63, 3.8) is 0 Å². The number of rotatable bonds is 5. The van der Waals surface area contributed by atoms with Gasteiger partial charge in [0.25, 0.3) is 0 Å². The maximum Gasteiger partial charge on any atom is 0.230 e. The summed E-state index contributed by atoms with van der Waals surface area (Å²) in [4.78, 5) is 12.0. The highest BCUT2D eigenvalue weighted by molar-refractivity contribution is 5.91. The first kappa shape index (κ1) is 17.5. The number of hydrogen-bond donors (Lipinski definition) is 2. The molecule has 0 bridgehead atoms. The van der Waals surface area contributed by atoms with E-state index in [4.69, 9.17) is 0 Å². The fourth-order valence-corrected chi connectivity index (χ4v) is 2.66. The van der Waals surface area contributed by atoms with E-state index < -0.39 is 5.82 Å². The van der Waals surface area contributed by atoms with Crippen LogP contribution in [-0.4, -0.2) is 16.1 Å². The average molecular weight is 350 g/mol. The minimum Gasteiger partial charge on any atom is -0.339 e. The Bertz CT molecular complexity index is 905. The molecule has 0 spiro atoms. The van der Waals surface area contributed by atoms with E-state index in [1.165, 1.54) is 6.07 Å². The van der Waals surface area contributed by atoms with E-state index >= 15 is 0 Å². The maximum atomic E-state index is 13.6. The van der Waals surface area contributed by atoms with Gasteiger partial charge in [0.05, 0.1) is 6.42 Å². The minimum absolute atomic E-state index is 0.0586. The molecular formula is C20H19FN4O. The van der Waals surface area contributed by atoms with Gasteiger partial charge in [0.2, 0.25) is 5.91 Å². The molecule has 0 aliphatic heterocycles. The van der Waals surface area contributed by atoms with Crippen molar-refractivity contribution in [1.82, 2.24) is 10.2 Å². The highest BCUT2D eigenvalue weighted by Gasteiger charge is 2.09. The topological polar surface area (TPSA) is 66.9 Å². The number of hydrogen-bond acceptors (Lipinski definition) is 4. The van der Waals surface area contributed by atoms with Gasteiger partial charge >= 0.3 is 0 Å². The smallest absolute Gasteiger partial charge is 0.230 e. The van der Waals surface area contributed by atoms with E-state index in [1.54, 1.807) is 30.3 Å². The molecule has 5 nitrogen and oxygen atoms in total. The Labute approximate surface area is 151 Å². The second-order valence-electron chi connectivity index (χ2n) is 6.12. The van der Waals surface area contributed by atoms with Crippen molar-refractivity contribution in [2.45, 2.75) is 20.3 Å². The van der Waals surface area contributed by atoms with Gasteiger partial charge in [-0.15, -0.1) is 10.2 Å². The van der Waals surface area contributed by atoms with Crippen molar-refractivity contribution in [3.05, 3.63) is 77.1 Å². The summed E-state index contributed by atoms with van der Waals surface area (Å²) in [7, 11) is 0. The van der Waals surface area contributed by atoms with Crippen LogP contribution < -0.4 is 10.6 Å². The Morgan fingerprint density at radius 3 is 2.27 bits per heavy atom. The zero-order valence-electron chi connectivity index (χ0n) is 14.6. The molecule has 0 atom stereocenters. The van der Waals surface area contributed by atoms with Crippen molar-refractivity contribution in [3.8, 4) is 0 Å². The first-order chi connectivity index (χ1) is 12.5. The molecule has 0 saturated carbocycles. The Morgan fingerprint density at radius 2 is 1.62 bits per heavy atom. The molecule has 26 heavy (non-hydrogen) atoms. The van der Waals surface area contributed by atoms with Crippen LogP contribution in [0.1, 0.15) is 16.7 Å². The monoisotopic (exact) mass is 350 g/mol. The van der Waals surface area contributed by atoms with Gasteiger partial charge in [-0.3, -0.25) is 4.79 Å². The molecule has 0 aliphatic rings. The summed E-state index contributed by atoms with van der Waals surface area (Å²) in [5, 5.41) is 13.8. The summed E-state index contributed by atoms with van der Waals surface area (Å²) in [5.41, 5.74) is 3.56. The van der Waals surface area contributed by atoms with E-state index in [0.29, 0.717) is 17.2 Å². The third-order valence-corrected chi connectivity index (χ3v) is 3.73. The van der Waals surface area contributed by atoms with Crippen LogP contribution in [0.5, 0.6) is 0 Å². The third-order valence-electron chi connectivity index (χ3n) is 3.73. The van der Waals surface area contributed by atoms with Crippen LogP contribution in [0.2, 0.25) is 0 Å². The molecule has 1 heterocycles. The van der Waals surface area contributed by atoms with Crippen molar-refractivity contribution >= 4 is 23.2 Å². The van der Waals surface area contributed by atoms with Gasteiger partial charge in [-0.2, -0.15) is 0 Å². The number of nitrogens with zero attached hydrogens (tertiary/aromatic N) is 2. The fourth-order valence-electron chi connectivity index (χ4n) is 2.66. The summed E-state index contributed by atoms with van der Waals surface area (Å²) < 4.78 is 13.6. The second kappa shape index (κ2) is 7.74. The lowest BCUT2D eigenvalue weighted by atomic mass is 10.1. The molecule has 0 saturated heterocycles.